The molecule has 0 saturated heterocycles. The van der Waals surface area contributed by atoms with Crippen LogP contribution in [0.15, 0.2) is 11.2 Å². The predicted octanol–water partition coefficient (Wildman–Crippen LogP) is 4.73. The molecule has 0 saturated carbocycles. The van der Waals surface area contributed by atoms with Gasteiger partial charge in [0.05, 0.1) is 11.4 Å². The Bertz CT molecular complexity index is 848. The summed E-state index contributed by atoms with van der Waals surface area (Å²) in [7, 11) is 1.68. The second-order valence-electron chi connectivity index (χ2n) is 6.72. The lowest BCUT2D eigenvalue weighted by Crippen LogP contribution is -2.19. The van der Waals surface area contributed by atoms with Gasteiger partial charge >= 0.3 is 6.18 Å². The molecule has 0 spiro atoms. The lowest BCUT2D eigenvalue weighted by molar-refractivity contribution is -0.146. The van der Waals surface area contributed by atoms with Gasteiger partial charge in [-0.2, -0.15) is 13.2 Å². The van der Waals surface area contributed by atoms with E-state index in [4.69, 9.17) is 0 Å². The van der Waals surface area contributed by atoms with Crippen LogP contribution in [-0.4, -0.2) is 40.5 Å². The van der Waals surface area contributed by atoms with Crippen molar-refractivity contribution in [3.05, 3.63) is 34.1 Å². The standard InChI is InChI=1S/C17H18F3N3OS.C3H8O/c1-10-9-11(2)14(13-6-4-3-5-12(10)13)23-15(17(18,19)20)21-22-16(23)25-8-7-24;1-3-4-2/h7,9H,3-6,8H2,1-2H3;3H2,1-2H3. The van der Waals surface area contributed by atoms with Gasteiger partial charge in [0.15, 0.2) is 5.16 Å². The maximum absolute atomic E-state index is 13.5. The minimum absolute atomic E-state index is 0.0308. The van der Waals surface area contributed by atoms with E-state index in [0.717, 1.165) is 70.9 Å². The van der Waals surface area contributed by atoms with E-state index in [1.54, 1.807) is 7.11 Å². The molecule has 1 aromatic heterocycles. The van der Waals surface area contributed by atoms with Gasteiger partial charge < -0.3 is 9.53 Å². The van der Waals surface area contributed by atoms with Gasteiger partial charge in [0.1, 0.15) is 6.29 Å². The molecule has 1 aliphatic rings. The van der Waals surface area contributed by atoms with Crippen LogP contribution in [0.4, 0.5) is 13.2 Å². The van der Waals surface area contributed by atoms with Crippen LogP contribution >= 0.6 is 11.8 Å². The molecular weight excluding hydrogens is 403 g/mol. The average molecular weight is 430 g/mol. The van der Waals surface area contributed by atoms with Crippen molar-refractivity contribution in [1.82, 2.24) is 14.8 Å². The monoisotopic (exact) mass is 429 g/mol. The number of methoxy groups -OCH3 is 1. The zero-order valence-electron chi connectivity index (χ0n) is 17.1. The van der Waals surface area contributed by atoms with Gasteiger partial charge in [-0.15, -0.1) is 10.2 Å². The van der Waals surface area contributed by atoms with Crippen LogP contribution in [0.3, 0.4) is 0 Å². The minimum atomic E-state index is -4.62. The van der Waals surface area contributed by atoms with E-state index in [9.17, 15) is 18.0 Å². The molecule has 9 heteroatoms. The van der Waals surface area contributed by atoms with E-state index >= 15 is 0 Å². The first-order valence-electron chi connectivity index (χ1n) is 9.46. The molecule has 1 heterocycles. The van der Waals surface area contributed by atoms with E-state index in [-0.39, 0.29) is 10.9 Å². The van der Waals surface area contributed by atoms with E-state index in [1.807, 2.05) is 26.8 Å². The van der Waals surface area contributed by atoms with Crippen LogP contribution in [0.1, 0.15) is 47.8 Å². The first-order chi connectivity index (χ1) is 13.8. The molecule has 5 nitrogen and oxygen atoms in total. The van der Waals surface area contributed by atoms with Crippen LogP contribution in [-0.2, 0) is 28.5 Å². The fraction of sp³-hybridized carbons (Fsp3) is 0.550. The summed E-state index contributed by atoms with van der Waals surface area (Å²) in [5, 5.41) is 7.18. The quantitative estimate of drug-likeness (QED) is 0.508. The normalized spacial score (nSPS) is 13.5. The van der Waals surface area contributed by atoms with Crippen molar-refractivity contribution in [3.8, 4) is 5.69 Å². The molecule has 160 valence electrons. The smallest absolute Gasteiger partial charge is 0.385 e. The van der Waals surface area contributed by atoms with Crippen molar-refractivity contribution in [2.45, 2.75) is 57.8 Å². The molecular formula is C20H26F3N3O2S. The number of hydrogen-bond acceptors (Lipinski definition) is 5. The first kappa shape index (κ1) is 23.4. The lowest BCUT2D eigenvalue weighted by atomic mass is 9.85. The van der Waals surface area contributed by atoms with E-state index < -0.39 is 12.0 Å². The third-order valence-corrected chi connectivity index (χ3v) is 5.54. The molecule has 1 aromatic carbocycles. The molecule has 0 fully saturated rings. The van der Waals surface area contributed by atoms with Crippen LogP contribution in [0.2, 0.25) is 0 Å². The Morgan fingerprint density at radius 1 is 1.17 bits per heavy atom. The first-order valence-corrected chi connectivity index (χ1v) is 10.4. The second kappa shape index (κ2) is 10.2. The number of halogens is 3. The van der Waals surface area contributed by atoms with Crippen molar-refractivity contribution in [1.29, 1.82) is 0 Å². The predicted molar refractivity (Wildman–Crippen MR) is 107 cm³/mol. The highest BCUT2D eigenvalue weighted by atomic mass is 32.2. The maximum atomic E-state index is 13.5. The second-order valence-corrected chi connectivity index (χ2v) is 7.70. The minimum Gasteiger partial charge on any atom is -0.385 e. The molecule has 29 heavy (non-hydrogen) atoms. The Morgan fingerprint density at radius 2 is 1.79 bits per heavy atom. The molecule has 0 N–H and O–H groups in total. The Hall–Kier alpha value is -1.87. The molecule has 0 bridgehead atoms. The summed E-state index contributed by atoms with van der Waals surface area (Å²) in [4.78, 5) is 10.7. The van der Waals surface area contributed by atoms with Gasteiger partial charge in [0.2, 0.25) is 5.82 Å². The Labute approximate surface area is 173 Å². The average Bonchev–Trinajstić information content (AvgIpc) is 3.10. The van der Waals surface area contributed by atoms with Gasteiger partial charge in [0.25, 0.3) is 0 Å². The number of carbonyl (C=O) groups is 1. The van der Waals surface area contributed by atoms with Crippen LogP contribution in [0, 0.1) is 13.8 Å². The SMILES string of the molecule is CCOC.Cc1cc(C)c(-n2c(SCC=O)nnc2C(F)(F)F)c2c1CCCC2. The third-order valence-electron chi connectivity index (χ3n) is 4.72. The summed E-state index contributed by atoms with van der Waals surface area (Å²) >= 11 is 0.964. The van der Waals surface area contributed by atoms with E-state index in [2.05, 4.69) is 14.9 Å². The highest BCUT2D eigenvalue weighted by molar-refractivity contribution is 7.99. The van der Waals surface area contributed by atoms with Gasteiger partial charge in [-0.3, -0.25) is 4.57 Å². The van der Waals surface area contributed by atoms with Crippen molar-refractivity contribution in [2.24, 2.45) is 0 Å². The van der Waals surface area contributed by atoms with Crippen LogP contribution < -0.4 is 0 Å². The van der Waals surface area contributed by atoms with Crippen molar-refractivity contribution < 1.29 is 22.7 Å². The van der Waals surface area contributed by atoms with Gasteiger partial charge in [-0.25, -0.2) is 0 Å². The summed E-state index contributed by atoms with van der Waals surface area (Å²) in [6.45, 7) is 6.59. The molecule has 0 radical (unpaired) electrons. The molecule has 0 atom stereocenters. The van der Waals surface area contributed by atoms with E-state index in [1.165, 1.54) is 0 Å². The fourth-order valence-corrected chi connectivity index (χ4v) is 4.11. The lowest BCUT2D eigenvalue weighted by Gasteiger charge is -2.25. The number of alkyl halides is 3. The number of thioether (sulfide) groups is 1. The van der Waals surface area contributed by atoms with Crippen molar-refractivity contribution in [2.75, 3.05) is 19.5 Å². The molecule has 0 amide bonds. The number of nitrogens with zero attached hydrogens (tertiary/aromatic N) is 3. The van der Waals surface area contributed by atoms with Crippen LogP contribution in [0.25, 0.3) is 5.69 Å². The number of carbonyl (C=O) groups excluding carboxylic acids is 1. The van der Waals surface area contributed by atoms with E-state index in [0.29, 0.717) is 12.0 Å². The highest BCUT2D eigenvalue weighted by Gasteiger charge is 2.40. The van der Waals surface area contributed by atoms with Gasteiger partial charge in [0, 0.05) is 13.7 Å². The number of aromatic nitrogens is 3. The maximum Gasteiger partial charge on any atom is 0.452 e. The zero-order valence-corrected chi connectivity index (χ0v) is 17.9. The summed E-state index contributed by atoms with van der Waals surface area (Å²) in [5.41, 5.74) is 4.46. The summed E-state index contributed by atoms with van der Waals surface area (Å²) in [6.07, 6.45) is -0.379. The molecule has 1 aliphatic carbocycles. The highest BCUT2D eigenvalue weighted by Crippen LogP contribution is 2.38. The summed E-state index contributed by atoms with van der Waals surface area (Å²) < 4.78 is 46.2. The van der Waals surface area contributed by atoms with Crippen molar-refractivity contribution >= 4 is 18.0 Å². The number of ether oxygens (including phenoxy) is 1. The van der Waals surface area contributed by atoms with Crippen LogP contribution in [0.5, 0.6) is 0 Å². The van der Waals surface area contributed by atoms with Crippen molar-refractivity contribution in [3.63, 3.8) is 0 Å². The molecule has 0 unspecified atom stereocenters. The summed E-state index contributed by atoms with van der Waals surface area (Å²) in [5.74, 6) is -1.01. The van der Waals surface area contributed by atoms with Gasteiger partial charge in [-0.1, -0.05) is 17.8 Å². The Kier molecular flexibility index (Phi) is 8.27. The topological polar surface area (TPSA) is 57.0 Å². The molecule has 2 aromatic rings. The third kappa shape index (κ3) is 5.39. The summed E-state index contributed by atoms with van der Waals surface area (Å²) in [6, 6.07) is 1.92. The molecule has 3 rings (SSSR count). The number of hydrogen-bond donors (Lipinski definition) is 0. The molecule has 0 aliphatic heterocycles. The number of aryl methyl sites for hydroxylation is 2. The fourth-order valence-electron chi connectivity index (χ4n) is 3.49. The van der Waals surface area contributed by atoms with Gasteiger partial charge in [-0.05, 0) is 68.7 Å². The number of rotatable bonds is 5. The Morgan fingerprint density at radius 3 is 2.34 bits per heavy atom. The Balaban J connectivity index is 0.000000687. The number of fused-ring (bicyclic) bond motifs is 1. The largest absolute Gasteiger partial charge is 0.452 e. The number of benzene rings is 1. The number of aldehydes is 1. The zero-order chi connectivity index (χ0) is 21.6.